The minimum Gasteiger partial charge on any atom is -0.492 e. The highest BCUT2D eigenvalue weighted by Crippen LogP contribution is 2.40. The maximum atomic E-state index is 9.11. The number of methoxy groups -OCH3 is 1. The Bertz CT molecular complexity index is 450. The number of ether oxygens (including phenoxy) is 2. The van der Waals surface area contributed by atoms with Crippen molar-refractivity contribution >= 4 is 23.2 Å². The molecule has 0 aromatic heterocycles. The second-order valence-electron chi connectivity index (χ2n) is 4.83. The molecular weight excluding hydrogens is 301 g/mol. The lowest BCUT2D eigenvalue weighted by molar-refractivity contribution is 0.135. The van der Waals surface area contributed by atoms with Crippen LogP contribution in [0.15, 0.2) is 12.1 Å². The Hall–Kier alpha value is -0.520. The average molecular weight is 320 g/mol. The van der Waals surface area contributed by atoms with Gasteiger partial charge in [0.15, 0.2) is 0 Å². The zero-order valence-corrected chi connectivity index (χ0v) is 12.9. The van der Waals surface area contributed by atoms with Crippen molar-refractivity contribution < 1.29 is 14.6 Å². The molecule has 6 heteroatoms. The van der Waals surface area contributed by atoms with E-state index in [0.29, 0.717) is 35.4 Å². The third-order valence-electron chi connectivity index (χ3n) is 3.35. The number of hydrogen-bond donors (Lipinski definition) is 2. The van der Waals surface area contributed by atoms with Crippen LogP contribution < -0.4 is 10.1 Å². The van der Waals surface area contributed by atoms with Crippen molar-refractivity contribution in [2.45, 2.75) is 24.9 Å². The standard InChI is InChI=1S/C14H19Cl2NO3/c1-19-8-10(2-4-18)17-13-3-5-20-14-11(13)6-9(15)7-12(14)16/h6-7,10,13,17-18H,2-5,8H2,1H3. The van der Waals surface area contributed by atoms with Gasteiger partial charge in [-0.15, -0.1) is 0 Å². The van der Waals surface area contributed by atoms with Crippen molar-refractivity contribution in [3.8, 4) is 5.75 Å². The maximum absolute atomic E-state index is 9.11. The molecule has 1 heterocycles. The molecule has 0 saturated carbocycles. The summed E-state index contributed by atoms with van der Waals surface area (Å²) in [4.78, 5) is 0. The Kier molecular flexibility index (Phi) is 5.93. The highest BCUT2D eigenvalue weighted by atomic mass is 35.5. The molecule has 0 fully saturated rings. The predicted octanol–water partition coefficient (Wildman–Crippen LogP) is 2.80. The molecule has 0 bridgehead atoms. The largest absolute Gasteiger partial charge is 0.492 e. The molecule has 2 atom stereocenters. The lowest BCUT2D eigenvalue weighted by Gasteiger charge is -2.31. The van der Waals surface area contributed by atoms with Gasteiger partial charge in [0.1, 0.15) is 5.75 Å². The minimum absolute atomic E-state index is 0.0821. The van der Waals surface area contributed by atoms with Crippen LogP contribution in [0.25, 0.3) is 0 Å². The number of nitrogens with one attached hydrogen (secondary N) is 1. The molecule has 2 N–H and O–H groups in total. The van der Waals surface area contributed by atoms with Crippen LogP contribution in [0.1, 0.15) is 24.4 Å². The number of hydrogen-bond acceptors (Lipinski definition) is 4. The molecule has 0 radical (unpaired) electrons. The lowest BCUT2D eigenvalue weighted by atomic mass is 9.99. The van der Waals surface area contributed by atoms with E-state index in [9.17, 15) is 0 Å². The van der Waals surface area contributed by atoms with Gasteiger partial charge < -0.3 is 19.9 Å². The van der Waals surface area contributed by atoms with E-state index in [2.05, 4.69) is 5.32 Å². The monoisotopic (exact) mass is 319 g/mol. The Morgan fingerprint density at radius 1 is 1.50 bits per heavy atom. The first-order valence-corrected chi connectivity index (χ1v) is 7.39. The Morgan fingerprint density at radius 3 is 3.00 bits per heavy atom. The van der Waals surface area contributed by atoms with Crippen LogP contribution in [0.5, 0.6) is 5.75 Å². The lowest BCUT2D eigenvalue weighted by Crippen LogP contribution is -2.39. The van der Waals surface area contributed by atoms with Crippen molar-refractivity contribution in [2.24, 2.45) is 0 Å². The van der Waals surface area contributed by atoms with Gasteiger partial charge in [-0.2, -0.15) is 0 Å². The molecule has 0 aliphatic carbocycles. The smallest absolute Gasteiger partial charge is 0.142 e. The summed E-state index contributed by atoms with van der Waals surface area (Å²) in [5.74, 6) is 0.694. The second kappa shape index (κ2) is 7.48. The number of aliphatic hydroxyl groups is 1. The first-order valence-electron chi connectivity index (χ1n) is 6.63. The van der Waals surface area contributed by atoms with E-state index in [4.69, 9.17) is 37.8 Å². The summed E-state index contributed by atoms with van der Waals surface area (Å²) in [5, 5.41) is 13.7. The van der Waals surface area contributed by atoms with Gasteiger partial charge in [-0.05, 0) is 18.6 Å². The van der Waals surface area contributed by atoms with Gasteiger partial charge in [-0.25, -0.2) is 0 Å². The normalized spacial score (nSPS) is 19.3. The highest BCUT2D eigenvalue weighted by Gasteiger charge is 2.26. The SMILES string of the molecule is COCC(CCO)NC1CCOc2c(Cl)cc(Cl)cc21. The van der Waals surface area contributed by atoms with Crippen LogP contribution >= 0.6 is 23.2 Å². The van der Waals surface area contributed by atoms with Crippen molar-refractivity contribution in [1.29, 1.82) is 0 Å². The van der Waals surface area contributed by atoms with Crippen molar-refractivity contribution in [2.75, 3.05) is 26.9 Å². The van der Waals surface area contributed by atoms with E-state index < -0.39 is 0 Å². The molecule has 0 amide bonds. The Balaban J connectivity index is 2.19. The average Bonchev–Trinajstić information content (AvgIpc) is 2.40. The number of benzene rings is 1. The molecule has 1 aromatic carbocycles. The van der Waals surface area contributed by atoms with Crippen LogP contribution in [-0.2, 0) is 4.74 Å². The zero-order valence-electron chi connectivity index (χ0n) is 11.4. The van der Waals surface area contributed by atoms with Gasteiger partial charge in [0.25, 0.3) is 0 Å². The number of aliphatic hydroxyl groups excluding tert-OH is 1. The van der Waals surface area contributed by atoms with E-state index in [1.807, 2.05) is 6.07 Å². The molecule has 4 nitrogen and oxygen atoms in total. The van der Waals surface area contributed by atoms with Crippen LogP contribution in [-0.4, -0.2) is 38.1 Å². The molecule has 2 unspecified atom stereocenters. The summed E-state index contributed by atoms with van der Waals surface area (Å²) in [6, 6.07) is 3.74. The van der Waals surface area contributed by atoms with E-state index in [1.165, 1.54) is 0 Å². The summed E-state index contributed by atoms with van der Waals surface area (Å²) >= 11 is 12.2. The van der Waals surface area contributed by atoms with E-state index in [0.717, 1.165) is 12.0 Å². The molecule has 2 rings (SSSR count). The fourth-order valence-corrected chi connectivity index (χ4v) is 3.02. The molecule has 112 valence electrons. The summed E-state index contributed by atoms with van der Waals surface area (Å²) in [5.41, 5.74) is 0.966. The van der Waals surface area contributed by atoms with Crippen molar-refractivity contribution in [3.63, 3.8) is 0 Å². The molecule has 20 heavy (non-hydrogen) atoms. The van der Waals surface area contributed by atoms with Gasteiger partial charge in [-0.3, -0.25) is 0 Å². The quantitative estimate of drug-likeness (QED) is 0.846. The van der Waals surface area contributed by atoms with Crippen LogP contribution in [0.3, 0.4) is 0 Å². The van der Waals surface area contributed by atoms with E-state index >= 15 is 0 Å². The molecule has 0 saturated heterocycles. The topological polar surface area (TPSA) is 50.7 Å². The van der Waals surface area contributed by atoms with Crippen molar-refractivity contribution in [1.82, 2.24) is 5.32 Å². The zero-order chi connectivity index (χ0) is 14.5. The van der Waals surface area contributed by atoms with E-state index in [1.54, 1.807) is 13.2 Å². The van der Waals surface area contributed by atoms with Crippen LogP contribution in [0, 0.1) is 0 Å². The number of fused-ring (bicyclic) bond motifs is 1. The van der Waals surface area contributed by atoms with Crippen molar-refractivity contribution in [3.05, 3.63) is 27.7 Å². The molecular formula is C14H19Cl2NO3. The summed E-state index contributed by atoms with van der Waals surface area (Å²) < 4.78 is 10.8. The van der Waals surface area contributed by atoms with Gasteiger partial charge in [0.2, 0.25) is 0 Å². The third kappa shape index (κ3) is 3.77. The van der Waals surface area contributed by atoms with Crippen LogP contribution in [0.2, 0.25) is 10.0 Å². The minimum atomic E-state index is 0.0821. The third-order valence-corrected chi connectivity index (χ3v) is 3.85. The van der Waals surface area contributed by atoms with E-state index in [-0.39, 0.29) is 18.7 Å². The van der Waals surface area contributed by atoms with Gasteiger partial charge >= 0.3 is 0 Å². The van der Waals surface area contributed by atoms with Crippen LogP contribution in [0.4, 0.5) is 0 Å². The molecule has 1 aliphatic heterocycles. The predicted molar refractivity (Wildman–Crippen MR) is 79.8 cm³/mol. The fourth-order valence-electron chi connectivity index (χ4n) is 2.46. The van der Waals surface area contributed by atoms with Gasteiger partial charge in [-0.1, -0.05) is 23.2 Å². The molecule has 0 spiro atoms. The fraction of sp³-hybridized carbons (Fsp3) is 0.571. The van der Waals surface area contributed by atoms with Gasteiger partial charge in [0.05, 0.1) is 18.2 Å². The Labute approximate surface area is 129 Å². The first-order chi connectivity index (χ1) is 9.65. The summed E-state index contributed by atoms with van der Waals surface area (Å²) in [7, 11) is 1.65. The second-order valence-corrected chi connectivity index (χ2v) is 5.67. The summed E-state index contributed by atoms with van der Waals surface area (Å²) in [6.07, 6.45) is 1.46. The Morgan fingerprint density at radius 2 is 2.30 bits per heavy atom. The highest BCUT2D eigenvalue weighted by molar-refractivity contribution is 6.35. The summed E-state index contributed by atoms with van der Waals surface area (Å²) in [6.45, 7) is 1.26. The maximum Gasteiger partial charge on any atom is 0.142 e. The number of rotatable bonds is 6. The molecule has 1 aliphatic rings. The first kappa shape index (κ1) is 15.9. The number of halogens is 2. The molecule has 1 aromatic rings. The van der Waals surface area contributed by atoms with Gasteiger partial charge in [0, 0.05) is 42.8 Å².